The van der Waals surface area contributed by atoms with Gasteiger partial charge in [0.1, 0.15) is 12.1 Å². The maximum Gasteiger partial charge on any atom is 0.243 e. The Labute approximate surface area is 192 Å². The van der Waals surface area contributed by atoms with Gasteiger partial charge in [-0.1, -0.05) is 0 Å². The van der Waals surface area contributed by atoms with E-state index in [1.54, 1.807) is 24.7 Å². The van der Waals surface area contributed by atoms with Crippen molar-refractivity contribution >= 4 is 17.4 Å². The molecule has 0 saturated carbocycles. The van der Waals surface area contributed by atoms with E-state index in [1.807, 2.05) is 13.0 Å². The van der Waals surface area contributed by atoms with Gasteiger partial charge in [0.15, 0.2) is 23.1 Å². The van der Waals surface area contributed by atoms with Crippen LogP contribution in [0.3, 0.4) is 0 Å². The lowest BCUT2D eigenvalue weighted by molar-refractivity contribution is 0.0624. The van der Waals surface area contributed by atoms with Crippen LogP contribution in [0.2, 0.25) is 0 Å². The lowest BCUT2D eigenvalue weighted by atomic mass is 9.98. The van der Waals surface area contributed by atoms with Crippen LogP contribution in [0, 0.1) is 30.3 Å². The van der Waals surface area contributed by atoms with Crippen molar-refractivity contribution in [1.29, 1.82) is 0 Å². The van der Waals surface area contributed by atoms with Crippen molar-refractivity contribution in [2.75, 3.05) is 30.0 Å². The first-order valence-electron chi connectivity index (χ1n) is 10.9. The van der Waals surface area contributed by atoms with Gasteiger partial charge in [-0.25, -0.2) is 27.7 Å². The molecule has 0 amide bonds. The highest BCUT2D eigenvalue weighted by Gasteiger charge is 2.46. The molecule has 1 aromatic carbocycles. The topological polar surface area (TPSA) is 80.5 Å². The minimum Gasteiger partial charge on any atom is -0.379 e. The summed E-state index contributed by atoms with van der Waals surface area (Å²) in [7, 11) is 0. The van der Waals surface area contributed by atoms with Crippen molar-refractivity contribution in [1.82, 2.24) is 24.6 Å². The first-order chi connectivity index (χ1) is 16.5. The lowest BCUT2D eigenvalue weighted by Crippen LogP contribution is -2.47. The number of pyridine rings is 1. The summed E-state index contributed by atoms with van der Waals surface area (Å²) >= 11 is 0. The summed E-state index contributed by atoms with van der Waals surface area (Å²) in [6.07, 6.45) is 3.22. The summed E-state index contributed by atoms with van der Waals surface area (Å²) in [6, 6.07) is 7.32. The molecule has 2 aliphatic rings. The molecule has 34 heavy (non-hydrogen) atoms. The Kier molecular flexibility index (Phi) is 4.87. The molecule has 3 aromatic heterocycles. The average Bonchev–Trinajstić information content (AvgIpc) is 3.31. The molecule has 1 N–H and O–H groups in total. The Hall–Kier alpha value is -3.73. The molecular weight excluding hydrogens is 447 g/mol. The largest absolute Gasteiger partial charge is 0.379 e. The Bertz CT molecular complexity index is 1390. The van der Waals surface area contributed by atoms with Gasteiger partial charge in [0.25, 0.3) is 0 Å². The number of fused-ring (bicyclic) bond motifs is 3. The normalized spacial score (nSPS) is 21.9. The number of nitrogens with zero attached hydrogens (tertiary/aromatic N) is 6. The van der Waals surface area contributed by atoms with Gasteiger partial charge in [0, 0.05) is 41.5 Å². The molecule has 11 heteroatoms. The fraction of sp³-hybridized carbons (Fsp3) is 0.304. The quantitative estimate of drug-likeness (QED) is 0.462. The number of ether oxygens (including phenoxy) is 1. The molecule has 4 aromatic rings. The van der Waals surface area contributed by atoms with Crippen LogP contribution in [0.1, 0.15) is 5.69 Å². The average molecular weight is 467 g/mol. The highest BCUT2D eigenvalue weighted by Crippen LogP contribution is 2.34. The third-order valence-electron chi connectivity index (χ3n) is 6.44. The first kappa shape index (κ1) is 20.8. The van der Waals surface area contributed by atoms with E-state index in [2.05, 4.69) is 30.3 Å². The maximum absolute atomic E-state index is 14.5. The van der Waals surface area contributed by atoms with Gasteiger partial charge in [-0.2, -0.15) is 4.98 Å². The molecule has 0 spiro atoms. The van der Waals surface area contributed by atoms with Crippen LogP contribution in [-0.2, 0) is 4.74 Å². The second-order valence-corrected chi connectivity index (χ2v) is 8.55. The molecule has 0 radical (unpaired) electrons. The van der Waals surface area contributed by atoms with E-state index in [0.29, 0.717) is 30.4 Å². The number of halogens is 3. The van der Waals surface area contributed by atoms with E-state index in [9.17, 15) is 13.2 Å². The van der Waals surface area contributed by atoms with Crippen molar-refractivity contribution in [3.63, 3.8) is 0 Å². The van der Waals surface area contributed by atoms with Crippen molar-refractivity contribution < 1.29 is 17.9 Å². The number of hydrogen-bond acceptors (Lipinski definition) is 7. The maximum atomic E-state index is 14.5. The second-order valence-electron chi connectivity index (χ2n) is 8.55. The van der Waals surface area contributed by atoms with E-state index >= 15 is 0 Å². The molecule has 1 unspecified atom stereocenters. The van der Waals surface area contributed by atoms with Crippen molar-refractivity contribution in [3.05, 3.63) is 66.0 Å². The highest BCUT2D eigenvalue weighted by molar-refractivity contribution is 5.78. The number of aryl methyl sites for hydroxylation is 1. The SMILES string of the molecule is Cc1cc(N2C[C@@H]3COC[C@H]2C3Nc2nc3c(-c4ccc(F)c(F)c4F)cccn3n2)ncn1. The Morgan fingerprint density at radius 1 is 1.06 bits per heavy atom. The monoisotopic (exact) mass is 467 g/mol. The zero-order valence-electron chi connectivity index (χ0n) is 18.1. The van der Waals surface area contributed by atoms with Gasteiger partial charge in [-0.05, 0) is 31.2 Å². The number of rotatable bonds is 4. The molecule has 0 aliphatic carbocycles. The predicted octanol–water partition coefficient (Wildman–Crippen LogP) is 3.23. The molecule has 2 saturated heterocycles. The molecular formula is C23H20F3N7O. The van der Waals surface area contributed by atoms with Gasteiger partial charge >= 0.3 is 0 Å². The van der Waals surface area contributed by atoms with Crippen molar-refractivity contribution in [2.45, 2.75) is 19.0 Å². The van der Waals surface area contributed by atoms with E-state index < -0.39 is 17.5 Å². The Morgan fingerprint density at radius 2 is 1.94 bits per heavy atom. The summed E-state index contributed by atoms with van der Waals surface area (Å²) in [4.78, 5) is 15.4. The number of aromatic nitrogens is 5. The Balaban J connectivity index is 1.33. The number of hydrogen-bond donors (Lipinski definition) is 1. The molecule has 5 heterocycles. The van der Waals surface area contributed by atoms with Gasteiger partial charge in [-0.15, -0.1) is 5.10 Å². The minimum atomic E-state index is -1.52. The van der Waals surface area contributed by atoms with E-state index in [1.165, 1.54) is 10.6 Å². The molecule has 174 valence electrons. The van der Waals surface area contributed by atoms with Gasteiger partial charge in [-0.3, -0.25) is 0 Å². The molecule has 2 aliphatic heterocycles. The molecule has 6 rings (SSSR count). The zero-order valence-corrected chi connectivity index (χ0v) is 18.1. The second kappa shape index (κ2) is 7.94. The predicted molar refractivity (Wildman–Crippen MR) is 118 cm³/mol. The fourth-order valence-corrected chi connectivity index (χ4v) is 4.84. The van der Waals surface area contributed by atoms with Crippen LogP contribution in [0.4, 0.5) is 24.9 Å². The van der Waals surface area contributed by atoms with Crippen LogP contribution in [0.25, 0.3) is 16.8 Å². The van der Waals surface area contributed by atoms with E-state index in [-0.39, 0.29) is 23.6 Å². The van der Waals surface area contributed by atoms with Crippen molar-refractivity contribution in [3.8, 4) is 11.1 Å². The van der Waals surface area contributed by atoms with Crippen LogP contribution < -0.4 is 10.2 Å². The van der Waals surface area contributed by atoms with Crippen LogP contribution >= 0.6 is 0 Å². The van der Waals surface area contributed by atoms with Gasteiger partial charge in [0.2, 0.25) is 5.95 Å². The van der Waals surface area contributed by atoms with Crippen LogP contribution in [0.5, 0.6) is 0 Å². The van der Waals surface area contributed by atoms with Gasteiger partial charge in [0.05, 0.1) is 25.3 Å². The first-order valence-corrected chi connectivity index (χ1v) is 10.9. The number of benzene rings is 1. The van der Waals surface area contributed by atoms with Crippen molar-refractivity contribution in [2.24, 2.45) is 5.92 Å². The highest BCUT2D eigenvalue weighted by atomic mass is 19.2. The van der Waals surface area contributed by atoms with Gasteiger partial charge < -0.3 is 15.0 Å². The minimum absolute atomic E-state index is 0.00452. The third-order valence-corrected chi connectivity index (χ3v) is 6.44. The fourth-order valence-electron chi connectivity index (χ4n) is 4.84. The molecule has 2 bridgehead atoms. The number of anilines is 2. The summed E-state index contributed by atoms with van der Waals surface area (Å²) in [5.41, 5.74) is 1.45. The smallest absolute Gasteiger partial charge is 0.243 e. The molecule has 2 fully saturated rings. The molecule has 3 atom stereocenters. The lowest BCUT2D eigenvalue weighted by Gasteiger charge is -2.32. The van der Waals surface area contributed by atoms with Crippen LogP contribution in [-0.4, -0.2) is 56.4 Å². The summed E-state index contributed by atoms with van der Waals surface area (Å²) < 4.78 is 49.1. The zero-order chi connectivity index (χ0) is 23.4. The summed E-state index contributed by atoms with van der Waals surface area (Å²) in [5, 5.41) is 7.91. The molecule has 8 nitrogen and oxygen atoms in total. The Morgan fingerprint density at radius 3 is 2.79 bits per heavy atom. The summed E-state index contributed by atoms with van der Waals surface area (Å²) in [5.74, 6) is -2.63. The summed E-state index contributed by atoms with van der Waals surface area (Å²) in [6.45, 7) is 3.80. The van der Waals surface area contributed by atoms with E-state index in [0.717, 1.165) is 24.1 Å². The number of nitrogens with one attached hydrogen (secondary N) is 1. The van der Waals surface area contributed by atoms with Crippen LogP contribution in [0.15, 0.2) is 42.9 Å². The third kappa shape index (κ3) is 3.35. The van der Waals surface area contributed by atoms with E-state index in [4.69, 9.17) is 4.74 Å². The standard InChI is InChI=1S/C23H20F3N7O/c1-12-7-18(28-11-27-12)32-8-13-9-34-10-17(32)21(13)29-23-30-22-15(3-2-6-33(22)31-23)14-4-5-16(24)20(26)19(14)25/h2-7,11,13,17,21H,8-10H2,1H3,(H,29,31)/t13-,17+,21?/m1/s1.